The van der Waals surface area contributed by atoms with Gasteiger partial charge in [-0.25, -0.2) is 0 Å². The van der Waals surface area contributed by atoms with Gasteiger partial charge in [0.25, 0.3) is 0 Å². The molecule has 1 heterocycles. The van der Waals surface area contributed by atoms with Crippen molar-refractivity contribution >= 4 is 0 Å². The highest BCUT2D eigenvalue weighted by molar-refractivity contribution is 5.21. The lowest BCUT2D eigenvalue weighted by atomic mass is 9.75. The number of benzene rings is 1. The van der Waals surface area contributed by atoms with E-state index >= 15 is 0 Å². The lowest BCUT2D eigenvalue weighted by molar-refractivity contribution is -0.0116. The summed E-state index contributed by atoms with van der Waals surface area (Å²) in [5, 5.41) is 10.8. The number of nitrogens with zero attached hydrogens (tertiary/aromatic N) is 1. The largest absolute Gasteiger partial charge is 0.384 e. The highest BCUT2D eigenvalue weighted by Gasteiger charge is 2.34. The average Bonchev–Trinajstić information content (AvgIpc) is 2.48. The Morgan fingerprint density at radius 3 is 2.55 bits per heavy atom. The van der Waals surface area contributed by atoms with E-state index in [1.165, 1.54) is 38.6 Å². The fourth-order valence-corrected chi connectivity index (χ4v) is 4.14. The molecule has 2 fully saturated rings. The molecule has 1 aliphatic carbocycles. The monoisotopic (exact) mass is 273 g/mol. The van der Waals surface area contributed by atoms with E-state index in [2.05, 4.69) is 4.90 Å². The topological polar surface area (TPSA) is 23.5 Å². The van der Waals surface area contributed by atoms with Crippen LogP contribution in [0.3, 0.4) is 0 Å². The van der Waals surface area contributed by atoms with E-state index < -0.39 is 5.60 Å². The van der Waals surface area contributed by atoms with Crippen molar-refractivity contribution in [3.05, 3.63) is 35.9 Å². The van der Waals surface area contributed by atoms with Crippen molar-refractivity contribution in [3.63, 3.8) is 0 Å². The van der Waals surface area contributed by atoms with Crippen LogP contribution < -0.4 is 0 Å². The minimum absolute atomic E-state index is 0.733. The third-order valence-corrected chi connectivity index (χ3v) is 5.30. The van der Waals surface area contributed by atoms with Gasteiger partial charge in [0.15, 0.2) is 0 Å². The van der Waals surface area contributed by atoms with Gasteiger partial charge in [0.1, 0.15) is 0 Å². The summed E-state index contributed by atoms with van der Waals surface area (Å²) in [5.41, 5.74) is 0.300. The third kappa shape index (κ3) is 3.07. The van der Waals surface area contributed by atoms with Crippen molar-refractivity contribution in [2.75, 3.05) is 19.6 Å². The summed E-state index contributed by atoms with van der Waals surface area (Å²) in [6.45, 7) is 5.06. The molecule has 0 bridgehead atoms. The van der Waals surface area contributed by atoms with Crippen molar-refractivity contribution in [3.8, 4) is 0 Å². The predicted octanol–water partition coefficient (Wildman–Crippen LogP) is 3.41. The highest BCUT2D eigenvalue weighted by Crippen LogP contribution is 2.36. The second-order valence-corrected chi connectivity index (χ2v) is 6.97. The molecule has 2 nitrogen and oxygen atoms in total. The molecule has 1 N–H and O–H groups in total. The van der Waals surface area contributed by atoms with Crippen LogP contribution in [0.4, 0.5) is 0 Å². The zero-order chi connectivity index (χ0) is 14.0. The number of β-amino-alcohol motifs (C(OH)–C–C–N with tert-alkyl or cyclic N) is 1. The quantitative estimate of drug-likeness (QED) is 0.912. The Morgan fingerprint density at radius 2 is 1.80 bits per heavy atom. The summed E-state index contributed by atoms with van der Waals surface area (Å²) in [5.74, 6) is 1.84. The molecular weight excluding hydrogens is 246 g/mol. The van der Waals surface area contributed by atoms with E-state index in [-0.39, 0.29) is 0 Å². The molecule has 0 spiro atoms. The van der Waals surface area contributed by atoms with Gasteiger partial charge < -0.3 is 5.11 Å². The van der Waals surface area contributed by atoms with Crippen molar-refractivity contribution in [2.24, 2.45) is 11.8 Å². The van der Waals surface area contributed by atoms with Crippen molar-refractivity contribution in [1.29, 1.82) is 0 Å². The zero-order valence-electron chi connectivity index (χ0n) is 12.6. The smallest absolute Gasteiger partial charge is 0.0994 e. The van der Waals surface area contributed by atoms with Gasteiger partial charge in [-0.05, 0) is 43.7 Å². The van der Waals surface area contributed by atoms with E-state index in [4.69, 9.17) is 0 Å². The Bertz CT molecular complexity index is 428. The third-order valence-electron chi connectivity index (χ3n) is 5.30. The molecule has 0 aromatic heterocycles. The SMILES string of the molecule is CC(O)(CN1CCC2CCCCC2C1)c1ccccc1. The fraction of sp³-hybridized carbons (Fsp3) is 0.667. The van der Waals surface area contributed by atoms with Crippen LogP contribution in [0, 0.1) is 11.8 Å². The van der Waals surface area contributed by atoms with Crippen molar-refractivity contribution in [1.82, 2.24) is 4.90 Å². The van der Waals surface area contributed by atoms with E-state index in [9.17, 15) is 5.11 Å². The van der Waals surface area contributed by atoms with Gasteiger partial charge in [0.05, 0.1) is 5.60 Å². The second-order valence-electron chi connectivity index (χ2n) is 6.97. The second kappa shape index (κ2) is 5.87. The van der Waals surface area contributed by atoms with Gasteiger partial charge in [0, 0.05) is 13.1 Å². The molecule has 3 rings (SSSR count). The molecule has 0 amide bonds. The van der Waals surface area contributed by atoms with Crippen molar-refractivity contribution < 1.29 is 5.11 Å². The zero-order valence-corrected chi connectivity index (χ0v) is 12.6. The van der Waals surface area contributed by atoms with Crippen LogP contribution in [0.15, 0.2) is 30.3 Å². The number of rotatable bonds is 3. The first-order valence-corrected chi connectivity index (χ1v) is 8.15. The van der Waals surface area contributed by atoms with Gasteiger partial charge in [-0.2, -0.15) is 0 Å². The minimum Gasteiger partial charge on any atom is -0.384 e. The summed E-state index contributed by atoms with van der Waals surface area (Å²) in [6.07, 6.45) is 7.00. The predicted molar refractivity (Wildman–Crippen MR) is 82.5 cm³/mol. The molecule has 110 valence electrons. The van der Waals surface area contributed by atoms with E-state index in [1.54, 1.807) is 0 Å². The van der Waals surface area contributed by atoms with E-state index in [0.29, 0.717) is 0 Å². The lowest BCUT2D eigenvalue weighted by Gasteiger charge is -2.43. The van der Waals surface area contributed by atoms with Gasteiger partial charge in [-0.1, -0.05) is 49.6 Å². The first kappa shape index (κ1) is 14.1. The molecule has 1 aromatic carbocycles. The van der Waals surface area contributed by atoms with Crippen LogP contribution in [0.2, 0.25) is 0 Å². The number of piperidine rings is 1. The number of fused-ring (bicyclic) bond motifs is 1. The Kier molecular flexibility index (Phi) is 4.13. The van der Waals surface area contributed by atoms with Gasteiger partial charge in [0.2, 0.25) is 0 Å². The first-order valence-electron chi connectivity index (χ1n) is 8.15. The van der Waals surface area contributed by atoms with Crippen LogP contribution in [0.25, 0.3) is 0 Å². The lowest BCUT2D eigenvalue weighted by Crippen LogP contribution is -2.47. The van der Waals surface area contributed by atoms with Gasteiger partial charge in [-0.3, -0.25) is 4.90 Å². The van der Waals surface area contributed by atoms with E-state index in [1.807, 2.05) is 37.3 Å². The molecule has 1 saturated carbocycles. The summed E-state index contributed by atoms with van der Waals surface area (Å²) in [6, 6.07) is 10.1. The van der Waals surface area contributed by atoms with Gasteiger partial charge >= 0.3 is 0 Å². The highest BCUT2D eigenvalue weighted by atomic mass is 16.3. The van der Waals surface area contributed by atoms with Crippen molar-refractivity contribution in [2.45, 2.75) is 44.6 Å². The van der Waals surface area contributed by atoms with Gasteiger partial charge in [-0.15, -0.1) is 0 Å². The Balaban J connectivity index is 1.63. The van der Waals surface area contributed by atoms with Crippen LogP contribution in [0.5, 0.6) is 0 Å². The maximum absolute atomic E-state index is 10.8. The van der Waals surface area contributed by atoms with Crippen LogP contribution in [-0.2, 0) is 5.60 Å². The van der Waals surface area contributed by atoms with Crippen LogP contribution in [0.1, 0.15) is 44.6 Å². The van der Waals surface area contributed by atoms with Crippen LogP contribution in [-0.4, -0.2) is 29.6 Å². The number of hydrogen-bond acceptors (Lipinski definition) is 2. The molecule has 0 radical (unpaired) electrons. The average molecular weight is 273 g/mol. The summed E-state index contributed by atoms with van der Waals surface area (Å²) >= 11 is 0. The Labute approximate surface area is 122 Å². The number of hydrogen-bond donors (Lipinski definition) is 1. The molecule has 3 unspecified atom stereocenters. The molecule has 2 aliphatic rings. The molecule has 2 heteroatoms. The number of likely N-dealkylation sites (tertiary alicyclic amines) is 1. The number of aliphatic hydroxyl groups is 1. The summed E-state index contributed by atoms with van der Waals surface area (Å²) in [7, 11) is 0. The normalized spacial score (nSPS) is 30.5. The molecule has 1 saturated heterocycles. The maximum atomic E-state index is 10.8. The Hall–Kier alpha value is -0.860. The standard InChI is InChI=1S/C18H27NO/c1-18(20,17-9-3-2-4-10-17)14-19-12-11-15-7-5-6-8-16(15)13-19/h2-4,9-10,15-16,20H,5-8,11-14H2,1H3. The first-order chi connectivity index (χ1) is 9.65. The van der Waals surface area contributed by atoms with E-state index in [0.717, 1.165) is 30.5 Å². The molecule has 20 heavy (non-hydrogen) atoms. The Morgan fingerprint density at radius 1 is 1.10 bits per heavy atom. The fourth-order valence-electron chi connectivity index (χ4n) is 4.14. The molecule has 1 aromatic rings. The summed E-state index contributed by atoms with van der Waals surface area (Å²) < 4.78 is 0. The molecule has 1 aliphatic heterocycles. The summed E-state index contributed by atoms with van der Waals surface area (Å²) in [4.78, 5) is 2.49. The minimum atomic E-state index is -0.733. The van der Waals surface area contributed by atoms with Crippen LogP contribution >= 0.6 is 0 Å². The maximum Gasteiger partial charge on any atom is 0.0994 e. The molecule has 3 atom stereocenters. The molecular formula is C18H27NO.